The molecule has 1 atom stereocenters. The summed E-state index contributed by atoms with van der Waals surface area (Å²) in [7, 11) is 0. The molecule has 1 aliphatic rings. The Morgan fingerprint density at radius 2 is 1.33 bits per heavy atom. The van der Waals surface area contributed by atoms with E-state index in [2.05, 4.69) is 5.32 Å². The van der Waals surface area contributed by atoms with Gasteiger partial charge in [0.1, 0.15) is 5.69 Å². The number of halogens is 5. The Bertz CT molecular complexity index is 482. The molecule has 2 rings (SSSR count). The topological polar surface area (TPSA) is 12.0 Å². The molecule has 1 aliphatic carbocycles. The van der Waals surface area contributed by atoms with Gasteiger partial charge in [0.25, 0.3) is 0 Å². The van der Waals surface area contributed by atoms with E-state index in [9.17, 15) is 22.0 Å². The van der Waals surface area contributed by atoms with Crippen molar-refractivity contribution in [1.82, 2.24) is 0 Å². The van der Waals surface area contributed by atoms with Crippen molar-refractivity contribution in [3.63, 3.8) is 0 Å². The lowest BCUT2D eigenvalue weighted by Gasteiger charge is -2.31. The van der Waals surface area contributed by atoms with Crippen molar-refractivity contribution < 1.29 is 22.0 Å². The van der Waals surface area contributed by atoms with Crippen LogP contribution in [0.25, 0.3) is 0 Å². The fourth-order valence-corrected chi connectivity index (χ4v) is 3.01. The molecule has 0 bridgehead atoms. The second-order valence-corrected chi connectivity index (χ2v) is 5.50. The Balaban J connectivity index is 2.29. The van der Waals surface area contributed by atoms with Gasteiger partial charge < -0.3 is 5.32 Å². The molecular weight excluding hydrogens is 289 g/mol. The van der Waals surface area contributed by atoms with Crippen molar-refractivity contribution in [2.24, 2.45) is 5.92 Å². The molecule has 1 saturated carbocycles. The number of benzene rings is 1. The van der Waals surface area contributed by atoms with E-state index in [1.54, 1.807) is 0 Å². The van der Waals surface area contributed by atoms with Crippen molar-refractivity contribution in [3.8, 4) is 0 Å². The van der Waals surface area contributed by atoms with Gasteiger partial charge in [-0.2, -0.15) is 0 Å². The van der Waals surface area contributed by atoms with Crippen LogP contribution < -0.4 is 5.32 Å². The normalized spacial score (nSPS) is 17.8. The van der Waals surface area contributed by atoms with Gasteiger partial charge in [0.05, 0.1) is 0 Å². The van der Waals surface area contributed by atoms with Crippen LogP contribution in [0.2, 0.25) is 0 Å². The first-order valence-electron chi connectivity index (χ1n) is 7.25. The molecule has 0 aromatic heterocycles. The van der Waals surface area contributed by atoms with E-state index in [0.29, 0.717) is 6.42 Å². The van der Waals surface area contributed by atoms with Crippen molar-refractivity contribution in [3.05, 3.63) is 29.1 Å². The third kappa shape index (κ3) is 3.14. The van der Waals surface area contributed by atoms with E-state index in [0.717, 1.165) is 32.1 Å². The summed E-state index contributed by atoms with van der Waals surface area (Å²) in [5.41, 5.74) is -0.913. The van der Waals surface area contributed by atoms with Gasteiger partial charge in [-0.1, -0.05) is 26.2 Å². The number of rotatable bonds is 4. The molecule has 0 heterocycles. The van der Waals surface area contributed by atoms with Crippen LogP contribution in [-0.4, -0.2) is 6.04 Å². The van der Waals surface area contributed by atoms with E-state index < -0.39 is 34.8 Å². The first-order chi connectivity index (χ1) is 9.97. The van der Waals surface area contributed by atoms with Gasteiger partial charge in [0.15, 0.2) is 23.3 Å². The standard InChI is InChI=1S/C15H18F5N/c1-2-9(8-6-4-3-5-7-8)21-15-13(19)11(17)10(16)12(18)14(15)20/h8-9,21H,2-7H2,1H3. The summed E-state index contributed by atoms with van der Waals surface area (Å²) in [4.78, 5) is 0. The molecular formula is C15H18F5N. The van der Waals surface area contributed by atoms with Gasteiger partial charge in [-0.05, 0) is 25.2 Å². The van der Waals surface area contributed by atoms with Gasteiger partial charge in [0.2, 0.25) is 5.82 Å². The van der Waals surface area contributed by atoms with Crippen molar-refractivity contribution >= 4 is 5.69 Å². The Kier molecular flexibility index (Phi) is 5.06. The highest BCUT2D eigenvalue weighted by molar-refractivity contribution is 5.48. The van der Waals surface area contributed by atoms with E-state index >= 15 is 0 Å². The fourth-order valence-electron chi connectivity index (χ4n) is 3.01. The highest BCUT2D eigenvalue weighted by atomic mass is 19.2. The molecule has 6 heteroatoms. The highest BCUT2D eigenvalue weighted by Gasteiger charge is 2.29. The number of hydrogen-bond acceptors (Lipinski definition) is 1. The molecule has 0 aliphatic heterocycles. The predicted molar refractivity (Wildman–Crippen MR) is 70.5 cm³/mol. The monoisotopic (exact) mass is 307 g/mol. The number of nitrogens with one attached hydrogen (secondary N) is 1. The van der Waals surface area contributed by atoms with Crippen LogP contribution in [0.15, 0.2) is 0 Å². The molecule has 1 unspecified atom stereocenters. The second-order valence-electron chi connectivity index (χ2n) is 5.50. The highest BCUT2D eigenvalue weighted by Crippen LogP contribution is 2.33. The molecule has 0 radical (unpaired) electrons. The molecule has 1 nitrogen and oxygen atoms in total. The number of anilines is 1. The smallest absolute Gasteiger partial charge is 0.200 e. The third-order valence-corrected chi connectivity index (χ3v) is 4.20. The fraction of sp³-hybridized carbons (Fsp3) is 0.600. The van der Waals surface area contributed by atoms with Crippen molar-refractivity contribution in [2.45, 2.75) is 51.5 Å². The van der Waals surface area contributed by atoms with Gasteiger partial charge in [-0.15, -0.1) is 0 Å². The summed E-state index contributed by atoms with van der Waals surface area (Å²) in [6.45, 7) is 1.83. The van der Waals surface area contributed by atoms with E-state index in [-0.39, 0.29) is 12.0 Å². The minimum Gasteiger partial charge on any atom is -0.377 e. The first kappa shape index (κ1) is 16.0. The molecule has 118 valence electrons. The molecule has 0 amide bonds. The minimum atomic E-state index is -2.12. The average molecular weight is 307 g/mol. The third-order valence-electron chi connectivity index (χ3n) is 4.20. The molecule has 1 fully saturated rings. The lowest BCUT2D eigenvalue weighted by atomic mass is 9.83. The van der Waals surface area contributed by atoms with Crippen LogP contribution in [-0.2, 0) is 0 Å². The van der Waals surface area contributed by atoms with E-state index in [1.165, 1.54) is 0 Å². The van der Waals surface area contributed by atoms with Gasteiger partial charge >= 0.3 is 0 Å². The quantitative estimate of drug-likeness (QED) is 0.460. The van der Waals surface area contributed by atoms with Crippen molar-refractivity contribution in [2.75, 3.05) is 5.32 Å². The lowest BCUT2D eigenvalue weighted by molar-refractivity contribution is 0.310. The molecule has 1 N–H and O–H groups in total. The minimum absolute atomic E-state index is 0.193. The first-order valence-corrected chi connectivity index (χ1v) is 7.25. The van der Waals surface area contributed by atoms with Crippen LogP contribution in [0.4, 0.5) is 27.6 Å². The Morgan fingerprint density at radius 3 is 1.81 bits per heavy atom. The van der Waals surface area contributed by atoms with Crippen LogP contribution in [0.1, 0.15) is 45.4 Å². The van der Waals surface area contributed by atoms with Crippen molar-refractivity contribution in [1.29, 1.82) is 0 Å². The van der Waals surface area contributed by atoms with Crippen LogP contribution in [0.3, 0.4) is 0 Å². The molecule has 21 heavy (non-hydrogen) atoms. The maximum absolute atomic E-state index is 13.7. The van der Waals surface area contributed by atoms with E-state index in [1.807, 2.05) is 6.92 Å². The summed E-state index contributed by atoms with van der Waals surface area (Å²) in [5, 5.41) is 2.55. The maximum Gasteiger partial charge on any atom is 0.200 e. The average Bonchev–Trinajstić information content (AvgIpc) is 2.52. The SMILES string of the molecule is CCC(Nc1c(F)c(F)c(F)c(F)c1F)C1CCCCC1. The lowest BCUT2D eigenvalue weighted by Crippen LogP contribution is -2.31. The summed E-state index contributed by atoms with van der Waals surface area (Å²) >= 11 is 0. The maximum atomic E-state index is 13.7. The van der Waals surface area contributed by atoms with Crippen LogP contribution in [0.5, 0.6) is 0 Å². The summed E-state index contributed by atoms with van der Waals surface area (Å²) in [6.07, 6.45) is 5.54. The second kappa shape index (κ2) is 6.62. The summed E-state index contributed by atoms with van der Waals surface area (Å²) in [6, 6.07) is -0.293. The Hall–Kier alpha value is -1.33. The largest absolute Gasteiger partial charge is 0.377 e. The molecule has 1 aromatic carbocycles. The number of hydrogen-bond donors (Lipinski definition) is 1. The zero-order valence-electron chi connectivity index (χ0n) is 11.8. The zero-order chi connectivity index (χ0) is 15.6. The summed E-state index contributed by atoms with van der Waals surface area (Å²) in [5.74, 6) is -9.33. The van der Waals surface area contributed by atoms with Gasteiger partial charge in [-0.3, -0.25) is 0 Å². The van der Waals surface area contributed by atoms with Gasteiger partial charge in [-0.25, -0.2) is 22.0 Å². The van der Waals surface area contributed by atoms with Crippen LogP contribution >= 0.6 is 0 Å². The molecule has 0 spiro atoms. The Morgan fingerprint density at radius 1 is 0.857 bits per heavy atom. The van der Waals surface area contributed by atoms with Crippen LogP contribution in [0, 0.1) is 35.0 Å². The summed E-state index contributed by atoms with van der Waals surface area (Å²) < 4.78 is 66.8. The van der Waals surface area contributed by atoms with Gasteiger partial charge in [0, 0.05) is 6.04 Å². The molecule has 1 aromatic rings. The molecule has 0 saturated heterocycles. The Labute approximate surface area is 120 Å². The van der Waals surface area contributed by atoms with E-state index in [4.69, 9.17) is 0 Å². The zero-order valence-corrected chi connectivity index (χ0v) is 11.8. The predicted octanol–water partition coefficient (Wildman–Crippen LogP) is 5.15.